The lowest BCUT2D eigenvalue weighted by Crippen LogP contribution is -2.48. The molecule has 1 fully saturated rings. The lowest BCUT2D eigenvalue weighted by Gasteiger charge is -2.32. The highest BCUT2D eigenvalue weighted by Crippen LogP contribution is 2.19. The highest BCUT2D eigenvalue weighted by molar-refractivity contribution is 7.11. The molecule has 1 aliphatic rings. The first-order valence-corrected chi connectivity index (χ1v) is 7.32. The summed E-state index contributed by atoms with van der Waals surface area (Å²) < 4.78 is 0. The summed E-state index contributed by atoms with van der Waals surface area (Å²) in [6.45, 7) is 6.58. The Bertz CT molecular complexity index is 464. The molecule has 1 aromatic heterocycles. The lowest BCUT2D eigenvalue weighted by molar-refractivity contribution is -0.135. The van der Waals surface area contributed by atoms with E-state index in [1.165, 1.54) is 4.88 Å². The lowest BCUT2D eigenvalue weighted by atomic mass is 10.2. The molecule has 0 aliphatic carbocycles. The molecule has 1 aliphatic heterocycles. The Morgan fingerprint density at radius 2 is 2.00 bits per heavy atom. The van der Waals surface area contributed by atoms with Crippen LogP contribution in [0.4, 0.5) is 0 Å². The van der Waals surface area contributed by atoms with E-state index in [1.54, 1.807) is 16.2 Å². The van der Waals surface area contributed by atoms with E-state index in [0.717, 1.165) is 23.5 Å². The molecule has 5 nitrogen and oxygen atoms in total. The Hall–Kier alpha value is -1.43. The zero-order valence-electron chi connectivity index (χ0n) is 11.4. The summed E-state index contributed by atoms with van der Waals surface area (Å²) in [4.78, 5) is 31.8. The molecular formula is C13H19N3O2S. The van der Waals surface area contributed by atoms with Gasteiger partial charge in [0.25, 0.3) is 0 Å². The summed E-state index contributed by atoms with van der Waals surface area (Å²) in [5.74, 6) is 0.177. The highest BCUT2D eigenvalue weighted by atomic mass is 32.1. The standard InChI is InChI=1S/C13H19N3O2S/c1-10-12(19-11(2)14-10)3-4-13(18)16-7-5-15(9-17)6-8-16/h9H,3-8H2,1-2H3. The number of amides is 2. The van der Waals surface area contributed by atoms with Crippen molar-refractivity contribution in [3.05, 3.63) is 15.6 Å². The number of carbonyl (C=O) groups is 2. The summed E-state index contributed by atoms with van der Waals surface area (Å²) >= 11 is 1.67. The molecule has 2 heterocycles. The normalized spacial score (nSPS) is 15.7. The quantitative estimate of drug-likeness (QED) is 0.774. The molecule has 6 heteroatoms. The minimum Gasteiger partial charge on any atom is -0.342 e. The Morgan fingerprint density at radius 3 is 2.53 bits per heavy atom. The van der Waals surface area contributed by atoms with Gasteiger partial charge >= 0.3 is 0 Å². The van der Waals surface area contributed by atoms with Gasteiger partial charge in [0.1, 0.15) is 0 Å². The van der Waals surface area contributed by atoms with Gasteiger partial charge in [-0.25, -0.2) is 4.98 Å². The fraction of sp³-hybridized carbons (Fsp3) is 0.615. The van der Waals surface area contributed by atoms with Crippen LogP contribution >= 0.6 is 11.3 Å². The molecule has 0 radical (unpaired) electrons. The second-order valence-corrected chi connectivity index (χ2v) is 6.05. The third kappa shape index (κ3) is 3.53. The van der Waals surface area contributed by atoms with Crippen molar-refractivity contribution in [1.82, 2.24) is 14.8 Å². The molecular weight excluding hydrogens is 262 g/mol. The fourth-order valence-electron chi connectivity index (χ4n) is 2.26. The van der Waals surface area contributed by atoms with Gasteiger partial charge in [0.2, 0.25) is 12.3 Å². The largest absolute Gasteiger partial charge is 0.342 e. The summed E-state index contributed by atoms with van der Waals surface area (Å²) in [6.07, 6.45) is 2.15. The molecule has 2 rings (SSSR count). The number of aromatic nitrogens is 1. The molecule has 0 saturated carbocycles. The van der Waals surface area contributed by atoms with E-state index in [0.29, 0.717) is 32.6 Å². The van der Waals surface area contributed by atoms with Crippen LogP contribution < -0.4 is 0 Å². The van der Waals surface area contributed by atoms with Crippen LogP contribution in [0, 0.1) is 13.8 Å². The second kappa shape index (κ2) is 6.14. The van der Waals surface area contributed by atoms with Gasteiger partial charge in [-0.3, -0.25) is 9.59 Å². The average molecular weight is 281 g/mol. The van der Waals surface area contributed by atoms with Gasteiger partial charge in [-0.15, -0.1) is 11.3 Å². The summed E-state index contributed by atoms with van der Waals surface area (Å²) in [6, 6.07) is 0. The maximum atomic E-state index is 12.1. The maximum Gasteiger partial charge on any atom is 0.223 e. The van der Waals surface area contributed by atoms with Crippen molar-refractivity contribution in [3.8, 4) is 0 Å². The molecule has 0 bridgehead atoms. The molecule has 0 N–H and O–H groups in total. The van der Waals surface area contributed by atoms with E-state index in [-0.39, 0.29) is 5.91 Å². The van der Waals surface area contributed by atoms with E-state index in [9.17, 15) is 9.59 Å². The molecule has 0 atom stereocenters. The molecule has 0 unspecified atom stereocenters. The fourth-order valence-corrected chi connectivity index (χ4v) is 3.20. The number of hydrogen-bond donors (Lipinski definition) is 0. The first-order chi connectivity index (χ1) is 9.10. The minimum absolute atomic E-state index is 0.177. The topological polar surface area (TPSA) is 53.5 Å². The molecule has 0 spiro atoms. The van der Waals surface area contributed by atoms with E-state index in [1.807, 2.05) is 18.7 Å². The molecule has 104 valence electrons. The number of nitrogens with zero attached hydrogens (tertiary/aromatic N) is 3. The van der Waals surface area contributed by atoms with E-state index in [2.05, 4.69) is 4.98 Å². The van der Waals surface area contributed by atoms with Gasteiger partial charge in [0, 0.05) is 37.5 Å². The van der Waals surface area contributed by atoms with Crippen molar-refractivity contribution in [2.75, 3.05) is 26.2 Å². The zero-order chi connectivity index (χ0) is 13.8. The zero-order valence-corrected chi connectivity index (χ0v) is 12.2. The Kier molecular flexibility index (Phi) is 4.52. The number of piperazine rings is 1. The summed E-state index contributed by atoms with van der Waals surface area (Å²) in [5, 5.41) is 1.06. The predicted molar refractivity (Wildman–Crippen MR) is 74.1 cm³/mol. The van der Waals surface area contributed by atoms with Gasteiger partial charge in [-0.2, -0.15) is 0 Å². The Morgan fingerprint density at radius 1 is 1.32 bits per heavy atom. The van der Waals surface area contributed by atoms with Crippen molar-refractivity contribution < 1.29 is 9.59 Å². The van der Waals surface area contributed by atoms with Gasteiger partial charge in [0.15, 0.2) is 0 Å². The number of aryl methyl sites for hydroxylation is 3. The second-order valence-electron chi connectivity index (χ2n) is 4.76. The molecule has 1 aromatic rings. The predicted octanol–water partition coefficient (Wildman–Crippen LogP) is 0.993. The van der Waals surface area contributed by atoms with Gasteiger partial charge in [-0.1, -0.05) is 0 Å². The first kappa shape index (κ1) is 14.0. The van der Waals surface area contributed by atoms with Crippen LogP contribution in [0.25, 0.3) is 0 Å². The Labute approximate surface area is 117 Å². The maximum absolute atomic E-state index is 12.1. The van der Waals surface area contributed by atoms with Crippen LogP contribution in [0.2, 0.25) is 0 Å². The third-order valence-corrected chi connectivity index (χ3v) is 4.51. The van der Waals surface area contributed by atoms with E-state index >= 15 is 0 Å². The SMILES string of the molecule is Cc1nc(C)c(CCC(=O)N2CCN(C=O)CC2)s1. The van der Waals surface area contributed by atoms with Crippen LogP contribution in [-0.2, 0) is 16.0 Å². The third-order valence-electron chi connectivity index (χ3n) is 3.38. The van der Waals surface area contributed by atoms with E-state index < -0.39 is 0 Å². The molecule has 1 saturated heterocycles. The van der Waals surface area contributed by atoms with Crippen LogP contribution in [0.3, 0.4) is 0 Å². The Balaban J connectivity index is 1.82. The van der Waals surface area contributed by atoms with Crippen molar-refractivity contribution >= 4 is 23.7 Å². The molecule has 0 aromatic carbocycles. The number of hydrogen-bond acceptors (Lipinski definition) is 4. The van der Waals surface area contributed by atoms with Crippen molar-refractivity contribution in [1.29, 1.82) is 0 Å². The molecule has 2 amide bonds. The summed E-state index contributed by atoms with van der Waals surface area (Å²) in [5.41, 5.74) is 1.04. The monoisotopic (exact) mass is 281 g/mol. The van der Waals surface area contributed by atoms with E-state index in [4.69, 9.17) is 0 Å². The average Bonchev–Trinajstić information content (AvgIpc) is 2.74. The number of rotatable bonds is 4. The van der Waals surface area contributed by atoms with Crippen LogP contribution in [0.1, 0.15) is 22.0 Å². The van der Waals surface area contributed by atoms with Crippen molar-refractivity contribution in [3.63, 3.8) is 0 Å². The first-order valence-electron chi connectivity index (χ1n) is 6.50. The van der Waals surface area contributed by atoms with Crippen LogP contribution in [-0.4, -0.2) is 53.3 Å². The minimum atomic E-state index is 0.177. The van der Waals surface area contributed by atoms with Gasteiger partial charge in [-0.05, 0) is 20.3 Å². The highest BCUT2D eigenvalue weighted by Gasteiger charge is 2.20. The number of carbonyl (C=O) groups excluding carboxylic acids is 2. The van der Waals surface area contributed by atoms with Crippen LogP contribution in [0.15, 0.2) is 0 Å². The molecule has 19 heavy (non-hydrogen) atoms. The van der Waals surface area contributed by atoms with Gasteiger partial charge < -0.3 is 9.80 Å². The van der Waals surface area contributed by atoms with Crippen LogP contribution in [0.5, 0.6) is 0 Å². The number of thiazole rings is 1. The van der Waals surface area contributed by atoms with Gasteiger partial charge in [0.05, 0.1) is 10.7 Å². The smallest absolute Gasteiger partial charge is 0.223 e. The van der Waals surface area contributed by atoms with Crippen molar-refractivity contribution in [2.45, 2.75) is 26.7 Å². The summed E-state index contributed by atoms with van der Waals surface area (Å²) in [7, 11) is 0. The van der Waals surface area contributed by atoms with Crippen molar-refractivity contribution in [2.24, 2.45) is 0 Å².